The number of phenols is 1. The van der Waals surface area contributed by atoms with E-state index in [-0.39, 0.29) is 101 Å². The quantitative estimate of drug-likeness (QED) is 0.0295. The number of aromatic hydroxyl groups is 1. The third kappa shape index (κ3) is 10.1. The number of nitrogens with zero attached hydrogens (tertiary/aromatic N) is 2. The lowest BCUT2D eigenvalue weighted by molar-refractivity contribution is 0.0811. The van der Waals surface area contributed by atoms with Crippen molar-refractivity contribution in [2.75, 3.05) is 44.9 Å². The van der Waals surface area contributed by atoms with Gasteiger partial charge >= 0.3 is 0 Å². The second-order valence-electron chi connectivity index (χ2n) is 33.1. The number of methoxy groups -OCH3 is 1. The molecule has 14 bridgehead atoms. The molecule has 0 amide bonds. The van der Waals surface area contributed by atoms with Crippen LogP contribution in [-0.2, 0) is 35.5 Å². The van der Waals surface area contributed by atoms with Gasteiger partial charge in [-0.1, -0.05) is 171 Å². The molecule has 7 heterocycles. The fraction of sp³-hybridized carbons (Fsp3) is 0.362. The lowest BCUT2D eigenvalue weighted by Gasteiger charge is -2.57. The number of H-pyrrole nitrogens is 1. The van der Waals surface area contributed by atoms with Crippen LogP contribution in [0.25, 0.3) is 67.1 Å². The van der Waals surface area contributed by atoms with E-state index in [1.807, 2.05) is 36.4 Å². The number of allylic oxidation sites excluding steroid dienone is 1. The highest BCUT2D eigenvalue weighted by atomic mass is 16.5. The van der Waals surface area contributed by atoms with Crippen molar-refractivity contribution >= 4 is 62.1 Å². The smallest absolute Gasteiger partial charge is 0.204 e. The zero-order valence-electron chi connectivity index (χ0n) is 61.2. The van der Waals surface area contributed by atoms with E-state index in [0.29, 0.717) is 54.6 Å². The molecule has 108 heavy (non-hydrogen) atoms. The van der Waals surface area contributed by atoms with E-state index in [2.05, 4.69) is 149 Å². The van der Waals surface area contributed by atoms with Gasteiger partial charge in [-0.2, -0.15) is 0 Å². The van der Waals surface area contributed by atoms with Gasteiger partial charge in [0.1, 0.15) is 22.7 Å². The molecule has 9 N–H and O–H groups in total. The van der Waals surface area contributed by atoms with E-state index in [4.69, 9.17) is 35.1 Å². The molecular weight excluding hydrogens is 1340 g/mol. The Balaban J connectivity index is 0.898. The molecule has 5 aliphatic heterocycles. The van der Waals surface area contributed by atoms with Gasteiger partial charge in [0, 0.05) is 88.9 Å². The fourth-order valence-corrected chi connectivity index (χ4v) is 23.2. The van der Waals surface area contributed by atoms with E-state index in [9.17, 15) is 15.3 Å². The molecule has 13 unspecified atom stereocenters. The predicted octanol–water partition coefficient (Wildman–Crippen LogP) is 15.6. The Hall–Kier alpha value is -10.5. The molecule has 13 atom stereocenters. The van der Waals surface area contributed by atoms with Crippen molar-refractivity contribution in [3.8, 4) is 69.1 Å². The summed E-state index contributed by atoms with van der Waals surface area (Å²) in [6.45, 7) is 3.43. The van der Waals surface area contributed by atoms with Crippen molar-refractivity contribution in [2.24, 2.45) is 57.4 Å². The minimum absolute atomic E-state index is 0.0379. The maximum absolute atomic E-state index is 15.8. The minimum atomic E-state index is -0.916. The number of anilines is 1. The van der Waals surface area contributed by atoms with Gasteiger partial charge in [-0.3, -0.25) is 4.79 Å². The number of hydrogen-bond donors (Lipinski definition) is 7. The van der Waals surface area contributed by atoms with Crippen LogP contribution in [-0.4, -0.2) is 84.5 Å². The van der Waals surface area contributed by atoms with Crippen LogP contribution in [0.15, 0.2) is 178 Å². The number of guanidine groups is 1. The molecule has 4 saturated carbocycles. The second kappa shape index (κ2) is 25.6. The fourth-order valence-electron chi connectivity index (χ4n) is 23.2. The highest BCUT2D eigenvalue weighted by molar-refractivity contribution is 6.06. The Kier molecular flexibility index (Phi) is 15.9. The number of piperazine rings is 1. The van der Waals surface area contributed by atoms with Gasteiger partial charge in [-0.05, 0) is 190 Å². The number of aliphatic imine (C=N–C) groups is 1. The van der Waals surface area contributed by atoms with Gasteiger partial charge in [-0.25, -0.2) is 4.99 Å². The summed E-state index contributed by atoms with van der Waals surface area (Å²) in [7, 11) is 1.55. The molecule has 1 saturated heterocycles. The summed E-state index contributed by atoms with van der Waals surface area (Å²) >= 11 is 0. The molecule has 8 aromatic carbocycles. The van der Waals surface area contributed by atoms with Gasteiger partial charge in [0.05, 0.1) is 55.7 Å². The summed E-state index contributed by atoms with van der Waals surface area (Å²) < 4.78 is 28.3. The number of fused-ring (bicyclic) bond motifs is 13. The maximum atomic E-state index is 15.8. The topological polar surface area (TPSA) is 214 Å². The van der Waals surface area contributed by atoms with Gasteiger partial charge in [0.25, 0.3) is 0 Å². The number of rotatable bonds is 10. The van der Waals surface area contributed by atoms with Gasteiger partial charge in [0.2, 0.25) is 5.75 Å². The summed E-state index contributed by atoms with van der Waals surface area (Å²) in [5.74, 6) is 18.3. The van der Waals surface area contributed by atoms with Crippen molar-refractivity contribution < 1.29 is 33.9 Å². The van der Waals surface area contributed by atoms with Crippen LogP contribution >= 0.6 is 0 Å². The lowest BCUT2D eigenvalue weighted by atomic mass is 9.46. The summed E-state index contributed by atoms with van der Waals surface area (Å²) in [5, 5.41) is 43.9. The molecule has 2 aromatic heterocycles. The number of benzene rings is 8. The Morgan fingerprint density at radius 2 is 1.69 bits per heavy atom. The summed E-state index contributed by atoms with van der Waals surface area (Å²) in [6, 6.07) is 51.7. The molecule has 14 nitrogen and oxygen atoms in total. The van der Waals surface area contributed by atoms with Crippen molar-refractivity contribution in [2.45, 2.75) is 131 Å². The molecule has 6 aliphatic carbocycles. The standard InChI is InChI=1S/C94H90N6O8/c1-91-65-27-20-57(72(91)35-29-65)24-33-73-74-34-25-59-18-19-64-46-61-14-6-7-16-69(61)71-50-92(38-8-9-39-92)94(74,83(59)80(64)71)53-93(73)66-28-21-62(76(47-66)98-90(95)96)45-56(51-101)52-107-85-81(63-26-36-75-88(93)100(41-40-97-75)89-70(48-79(91)99-89)60-15-10-13-55(43-60)44-63)84-82(77(104)49-78(108-84)58-22-31-67(102)32-23-58)86(87(85)105-2)106-42-37-68(103)30-17-54-11-4-3-5-12-54/h3-7,10-19,21-23,25,28,30-32,34,43,46-49,56-57,63,65,68,72-75,88,97,99,101-103H,8-9,20,27,29,35,37-42,44-45,50-53H2,1-2H3,(H4,95,96,98). The van der Waals surface area contributed by atoms with Gasteiger partial charge < -0.3 is 60.6 Å². The zero-order valence-corrected chi connectivity index (χ0v) is 61.2. The first-order chi connectivity index (χ1) is 52.7. The molecule has 14 heteroatoms. The van der Waals surface area contributed by atoms with Crippen molar-refractivity contribution in [1.29, 1.82) is 0 Å². The van der Waals surface area contributed by atoms with Gasteiger partial charge in [0.15, 0.2) is 28.5 Å². The van der Waals surface area contributed by atoms with E-state index >= 15 is 4.79 Å². The van der Waals surface area contributed by atoms with Crippen LogP contribution < -0.4 is 41.3 Å². The molecule has 544 valence electrons. The van der Waals surface area contributed by atoms with Crippen molar-refractivity contribution in [3.63, 3.8) is 0 Å². The first-order valence-electron chi connectivity index (χ1n) is 39.3. The second-order valence-corrected chi connectivity index (χ2v) is 33.1. The molecule has 0 radical (unpaired) electrons. The number of aliphatic hydroxyl groups excluding tert-OH is 2. The molecule has 5 fully saturated rings. The monoisotopic (exact) mass is 1430 g/mol. The molecule has 10 aromatic rings. The number of aliphatic hydroxyl groups is 2. The number of aromatic nitrogens is 1. The first-order valence-corrected chi connectivity index (χ1v) is 39.3. The number of nitrogens with two attached hydrogens (primary N) is 2. The normalized spacial score (nSPS) is 27.9. The number of aromatic amines is 1. The maximum Gasteiger partial charge on any atom is 0.204 e. The first kappa shape index (κ1) is 66.9. The average Bonchev–Trinajstić information content (AvgIpc) is 1.45. The number of phenolic OH excluding ortho intramolecular Hbond substituents is 1. The van der Waals surface area contributed by atoms with Crippen LogP contribution in [0.5, 0.6) is 23.0 Å². The SMILES string of the molecule is COc1c2c(c3oc(-c4ccc(O)cc4)cc(=O)c3c1OCCC(O)C=Cc1ccccc1)C1C#CC3NCCN4c5[nH]c(cc5-c5cccc(c5)C1)C1(C)C5CCC(C#CC6C7C=Cc8ccc9cc%10ccccc%10c%10c9c8C7(CC6(c6ccc(c(N=C(N)N)c6)CC(CO)CO2)C34)C2(CCCC2)C%10)C1CC5. The van der Waals surface area contributed by atoms with E-state index in [1.54, 1.807) is 37.5 Å². The van der Waals surface area contributed by atoms with Crippen LogP contribution in [0, 0.1) is 64.6 Å². The third-order valence-corrected chi connectivity index (χ3v) is 27.9. The lowest BCUT2D eigenvalue weighted by Crippen LogP contribution is -2.67. The highest BCUT2D eigenvalue weighted by Gasteiger charge is 2.74. The van der Waals surface area contributed by atoms with Crippen LogP contribution in [0.4, 0.5) is 11.5 Å². The van der Waals surface area contributed by atoms with Crippen LogP contribution in [0.2, 0.25) is 0 Å². The van der Waals surface area contributed by atoms with E-state index in [1.165, 1.54) is 50.0 Å². The predicted molar refractivity (Wildman–Crippen MR) is 427 cm³/mol. The van der Waals surface area contributed by atoms with Crippen LogP contribution in [0.3, 0.4) is 0 Å². The van der Waals surface area contributed by atoms with Crippen molar-refractivity contribution in [1.82, 2.24) is 10.3 Å². The molecule has 21 rings (SSSR count). The summed E-state index contributed by atoms with van der Waals surface area (Å²) in [6.07, 6.45) is 19.2. The minimum Gasteiger partial charge on any atom is -0.508 e. The Morgan fingerprint density at radius 1 is 0.843 bits per heavy atom. The Morgan fingerprint density at radius 3 is 2.53 bits per heavy atom. The van der Waals surface area contributed by atoms with E-state index in [0.717, 1.165) is 103 Å². The number of hydrogen-bond acceptors (Lipinski definition) is 11. The van der Waals surface area contributed by atoms with Gasteiger partial charge in [-0.15, -0.1) is 0 Å². The molecular formula is C94H90N6O8. The largest absolute Gasteiger partial charge is 0.508 e. The Labute approximate surface area is 629 Å². The Bertz CT molecular complexity index is 5650. The summed E-state index contributed by atoms with van der Waals surface area (Å²) in [5.41, 5.74) is 24.8. The van der Waals surface area contributed by atoms with Crippen LogP contribution in [0.1, 0.15) is 127 Å². The average molecular weight is 1430 g/mol. The summed E-state index contributed by atoms with van der Waals surface area (Å²) in [4.78, 5) is 28.2. The van der Waals surface area contributed by atoms with E-state index < -0.39 is 46.3 Å². The van der Waals surface area contributed by atoms with Crippen molar-refractivity contribution in [3.05, 3.63) is 224 Å². The number of ether oxygens (including phenoxy) is 3. The number of nitrogens with one attached hydrogen (secondary N) is 2. The zero-order chi connectivity index (χ0) is 73.0. The third-order valence-electron chi connectivity index (χ3n) is 27.9. The molecule has 3 spiro atoms. The molecule has 11 aliphatic rings. The highest BCUT2D eigenvalue weighted by Crippen LogP contribution is 2.76.